The molecule has 0 aromatic carbocycles. The first kappa shape index (κ1) is 17.4. The highest BCUT2D eigenvalue weighted by atomic mass is 16.5. The van der Waals surface area contributed by atoms with Gasteiger partial charge in [0.15, 0.2) is 0 Å². The smallest absolute Gasteiger partial charge is 0.215 e. The van der Waals surface area contributed by atoms with Crippen molar-refractivity contribution in [3.05, 3.63) is 28.6 Å². The van der Waals surface area contributed by atoms with E-state index in [0.717, 1.165) is 38.0 Å². The van der Waals surface area contributed by atoms with Gasteiger partial charge in [-0.15, -0.1) is 0 Å². The minimum Gasteiger partial charge on any atom is -0.478 e. The summed E-state index contributed by atoms with van der Waals surface area (Å²) in [7, 11) is 0. The molecule has 1 atom stereocenters. The predicted octanol–water partition coefficient (Wildman–Crippen LogP) is 4.71. The molecule has 2 heterocycles. The van der Waals surface area contributed by atoms with E-state index in [-0.39, 0.29) is 0 Å². The van der Waals surface area contributed by atoms with E-state index in [1.54, 1.807) is 0 Å². The maximum absolute atomic E-state index is 8.19. The normalized spacial score (nSPS) is 17.6. The number of unbranched alkanes of at least 4 members (excludes halogenated alkanes) is 3. The third kappa shape index (κ3) is 5.99. The van der Waals surface area contributed by atoms with Crippen LogP contribution in [0.1, 0.15) is 51.9 Å². The van der Waals surface area contributed by atoms with Gasteiger partial charge in [0.2, 0.25) is 5.88 Å². The lowest BCUT2D eigenvalue weighted by molar-refractivity contribution is 0.293. The summed E-state index contributed by atoms with van der Waals surface area (Å²) in [6.45, 7) is 4.63. The van der Waals surface area contributed by atoms with Crippen LogP contribution in [-0.2, 0) is 0 Å². The van der Waals surface area contributed by atoms with E-state index in [4.69, 9.17) is 10.3 Å². The van der Waals surface area contributed by atoms with Gasteiger partial charge < -0.3 is 9.64 Å². The Morgan fingerprint density at radius 3 is 3.00 bits per heavy atom. The molecule has 1 unspecified atom stereocenters. The van der Waals surface area contributed by atoms with E-state index in [1.165, 1.54) is 19.3 Å². The zero-order valence-electron chi connectivity index (χ0n) is 14.0. The minimum absolute atomic E-state index is 0.558. The van der Waals surface area contributed by atoms with E-state index in [2.05, 4.69) is 32.9 Å². The van der Waals surface area contributed by atoms with Crippen LogP contribution in [0.25, 0.3) is 10.4 Å². The largest absolute Gasteiger partial charge is 0.478 e. The van der Waals surface area contributed by atoms with Gasteiger partial charge in [-0.05, 0) is 50.6 Å². The van der Waals surface area contributed by atoms with Crippen molar-refractivity contribution >= 4 is 5.82 Å². The van der Waals surface area contributed by atoms with Gasteiger partial charge in [-0.3, -0.25) is 0 Å². The van der Waals surface area contributed by atoms with Gasteiger partial charge in [-0.2, -0.15) is 4.98 Å². The van der Waals surface area contributed by atoms with Crippen LogP contribution in [-0.4, -0.2) is 30.7 Å². The molecule has 0 saturated carbocycles. The Kier molecular flexibility index (Phi) is 7.54. The third-order valence-electron chi connectivity index (χ3n) is 4.27. The number of rotatable bonds is 9. The second-order valence-corrected chi connectivity index (χ2v) is 6.09. The lowest BCUT2D eigenvalue weighted by Gasteiger charge is -2.34. The number of azide groups is 1. The van der Waals surface area contributed by atoms with Gasteiger partial charge in [0.1, 0.15) is 5.82 Å². The van der Waals surface area contributed by atoms with Crippen LogP contribution in [0, 0.1) is 0 Å². The van der Waals surface area contributed by atoms with Gasteiger partial charge in [0.25, 0.3) is 0 Å². The van der Waals surface area contributed by atoms with Crippen molar-refractivity contribution in [1.82, 2.24) is 4.98 Å². The average Bonchev–Trinajstić information content (AvgIpc) is 2.58. The summed E-state index contributed by atoms with van der Waals surface area (Å²) in [6, 6.07) is 6.59. The summed E-state index contributed by atoms with van der Waals surface area (Å²) in [4.78, 5) is 9.78. The molecule has 0 N–H and O–H groups in total. The minimum atomic E-state index is 0.558. The van der Waals surface area contributed by atoms with Gasteiger partial charge in [0.05, 0.1) is 6.61 Å². The Labute approximate surface area is 138 Å². The highest BCUT2D eigenvalue weighted by Crippen LogP contribution is 2.24. The van der Waals surface area contributed by atoms with Crippen LogP contribution in [0.3, 0.4) is 0 Å². The van der Waals surface area contributed by atoms with Gasteiger partial charge in [-0.25, -0.2) is 0 Å². The second-order valence-electron chi connectivity index (χ2n) is 6.09. The zero-order chi connectivity index (χ0) is 16.3. The van der Waals surface area contributed by atoms with Crippen LogP contribution in [0.2, 0.25) is 0 Å². The molecule has 1 saturated heterocycles. The van der Waals surface area contributed by atoms with E-state index in [0.29, 0.717) is 25.1 Å². The number of nitrogens with zero attached hydrogens (tertiary/aromatic N) is 5. The van der Waals surface area contributed by atoms with Crippen molar-refractivity contribution in [3.8, 4) is 5.88 Å². The SMILES string of the molecule is CC1CCCCN1c1cccc(OCCCCCCN=[N+]=[N-])n1. The Balaban J connectivity index is 1.71. The first-order chi connectivity index (χ1) is 11.3. The second kappa shape index (κ2) is 9.95. The molecule has 2 rings (SSSR count). The fraction of sp³-hybridized carbons (Fsp3) is 0.706. The fourth-order valence-corrected chi connectivity index (χ4v) is 2.94. The molecule has 0 aliphatic carbocycles. The number of hydrogen-bond donors (Lipinski definition) is 0. The molecule has 1 aliphatic rings. The van der Waals surface area contributed by atoms with Crippen LogP contribution in [0.4, 0.5) is 5.82 Å². The van der Waals surface area contributed by atoms with Crippen LogP contribution < -0.4 is 9.64 Å². The number of anilines is 1. The Morgan fingerprint density at radius 2 is 2.17 bits per heavy atom. The topological polar surface area (TPSA) is 74.1 Å². The zero-order valence-corrected chi connectivity index (χ0v) is 14.0. The third-order valence-corrected chi connectivity index (χ3v) is 4.27. The molecule has 6 nitrogen and oxygen atoms in total. The van der Waals surface area contributed by atoms with Crippen molar-refractivity contribution in [2.45, 2.75) is 57.9 Å². The summed E-state index contributed by atoms with van der Waals surface area (Å²) in [6.07, 6.45) is 7.90. The Hall–Kier alpha value is -1.94. The Morgan fingerprint density at radius 1 is 1.30 bits per heavy atom. The van der Waals surface area contributed by atoms with Crippen molar-refractivity contribution in [2.75, 3.05) is 24.6 Å². The summed E-state index contributed by atoms with van der Waals surface area (Å²) >= 11 is 0. The first-order valence-corrected chi connectivity index (χ1v) is 8.68. The molecular weight excluding hydrogens is 290 g/mol. The number of aromatic nitrogens is 1. The molecule has 126 valence electrons. The van der Waals surface area contributed by atoms with E-state index in [9.17, 15) is 0 Å². The number of pyridine rings is 1. The molecule has 1 aliphatic heterocycles. The van der Waals surface area contributed by atoms with Gasteiger partial charge >= 0.3 is 0 Å². The standard InChI is InChI=1S/C17H27N5O/c1-15-9-4-6-13-22(15)16-10-8-11-17(20-16)23-14-7-3-2-5-12-19-21-18/h8,10-11,15H,2-7,9,12-14H2,1H3. The fourth-order valence-electron chi connectivity index (χ4n) is 2.94. The molecule has 0 radical (unpaired) electrons. The molecule has 0 spiro atoms. The Bertz CT molecular complexity index is 515. The number of piperidine rings is 1. The lowest BCUT2D eigenvalue weighted by atomic mass is 10.0. The lowest BCUT2D eigenvalue weighted by Crippen LogP contribution is -2.37. The van der Waals surface area contributed by atoms with Gasteiger partial charge in [0, 0.05) is 30.1 Å². The van der Waals surface area contributed by atoms with Crippen molar-refractivity contribution in [3.63, 3.8) is 0 Å². The molecule has 1 aromatic rings. The summed E-state index contributed by atoms with van der Waals surface area (Å²) < 4.78 is 5.78. The van der Waals surface area contributed by atoms with Crippen LogP contribution >= 0.6 is 0 Å². The average molecular weight is 317 g/mol. The van der Waals surface area contributed by atoms with E-state index < -0.39 is 0 Å². The van der Waals surface area contributed by atoms with Crippen LogP contribution in [0.5, 0.6) is 5.88 Å². The first-order valence-electron chi connectivity index (χ1n) is 8.68. The number of hydrogen-bond acceptors (Lipinski definition) is 4. The predicted molar refractivity (Wildman–Crippen MR) is 92.9 cm³/mol. The summed E-state index contributed by atoms with van der Waals surface area (Å²) in [5.74, 6) is 1.75. The molecule has 1 aromatic heterocycles. The van der Waals surface area contributed by atoms with Crippen molar-refractivity contribution in [1.29, 1.82) is 0 Å². The molecular formula is C17H27N5O. The quantitative estimate of drug-likeness (QED) is 0.286. The summed E-state index contributed by atoms with van der Waals surface area (Å²) in [5, 5.41) is 3.53. The molecule has 0 amide bonds. The monoisotopic (exact) mass is 317 g/mol. The van der Waals surface area contributed by atoms with Crippen LogP contribution in [0.15, 0.2) is 23.3 Å². The maximum Gasteiger partial charge on any atom is 0.215 e. The highest BCUT2D eigenvalue weighted by molar-refractivity contribution is 5.42. The number of ether oxygens (including phenoxy) is 1. The molecule has 6 heteroatoms. The molecule has 1 fully saturated rings. The molecule has 23 heavy (non-hydrogen) atoms. The molecule has 0 bridgehead atoms. The van der Waals surface area contributed by atoms with E-state index in [1.807, 2.05) is 12.1 Å². The van der Waals surface area contributed by atoms with Gasteiger partial charge in [-0.1, -0.05) is 24.0 Å². The maximum atomic E-state index is 8.19. The van der Waals surface area contributed by atoms with Crippen molar-refractivity contribution in [2.24, 2.45) is 5.11 Å². The van der Waals surface area contributed by atoms with Crippen molar-refractivity contribution < 1.29 is 4.74 Å². The highest BCUT2D eigenvalue weighted by Gasteiger charge is 2.19. The summed E-state index contributed by atoms with van der Waals surface area (Å²) in [5.41, 5.74) is 8.19. The van der Waals surface area contributed by atoms with E-state index >= 15 is 0 Å².